The number of carbonyl (C=O) groups is 3. The van der Waals surface area contributed by atoms with Crippen molar-refractivity contribution in [3.63, 3.8) is 0 Å². The molecule has 0 bridgehead atoms. The Labute approximate surface area is 169 Å². The van der Waals surface area contributed by atoms with Crippen molar-refractivity contribution < 1.29 is 59.4 Å². The molecule has 1 rings (SSSR count). The van der Waals surface area contributed by atoms with Crippen LogP contribution in [0.1, 0.15) is 6.92 Å². The normalized spacial score (nSPS) is 19.8. The zero-order valence-electron chi connectivity index (χ0n) is 13.5. The van der Waals surface area contributed by atoms with Crippen LogP contribution in [0.2, 0.25) is 0 Å². The Morgan fingerprint density at radius 3 is 1.35 bits per heavy atom. The van der Waals surface area contributed by atoms with E-state index in [0.717, 1.165) is 19.2 Å². The van der Waals surface area contributed by atoms with Gasteiger partial charge in [-0.25, -0.2) is 0 Å². The van der Waals surface area contributed by atoms with Crippen molar-refractivity contribution >= 4 is 19.2 Å². The van der Waals surface area contributed by atoms with Crippen molar-refractivity contribution in [1.29, 1.82) is 0 Å². The molecule has 0 aromatic rings. The summed E-state index contributed by atoms with van der Waals surface area (Å²) in [5.41, 5.74) is 0. The quantitative estimate of drug-likeness (QED) is 0.472. The van der Waals surface area contributed by atoms with Gasteiger partial charge in [0.05, 0.1) is 6.10 Å². The second-order valence-corrected chi connectivity index (χ2v) is 5.57. The summed E-state index contributed by atoms with van der Waals surface area (Å²) in [4.78, 5) is 40.1. The van der Waals surface area contributed by atoms with Gasteiger partial charge < -0.3 is 19.8 Å². The summed E-state index contributed by atoms with van der Waals surface area (Å²) in [5.74, 6) is 0. The largest absolute Gasteiger partial charge is 0.392 e. The Balaban J connectivity index is 0.00000484. The molecule has 1 atom stereocenters. The molecule has 1 fully saturated rings. The number of nitrogens with zero attached hydrogens (tertiary/aromatic N) is 4. The summed E-state index contributed by atoms with van der Waals surface area (Å²) in [5, 5.41) is 9.55. The first-order valence-corrected chi connectivity index (χ1v) is 7.57. The van der Waals surface area contributed by atoms with E-state index in [-0.39, 0.29) is 39.9 Å². The van der Waals surface area contributed by atoms with E-state index in [0.29, 0.717) is 58.9 Å². The molecule has 9 heteroatoms. The van der Waals surface area contributed by atoms with Crippen LogP contribution in [-0.2, 0) is 14.4 Å². The van der Waals surface area contributed by atoms with Crippen molar-refractivity contribution in [2.75, 3.05) is 58.9 Å². The van der Waals surface area contributed by atoms with E-state index in [2.05, 4.69) is 0 Å². The first-order valence-electron chi connectivity index (χ1n) is 7.57. The van der Waals surface area contributed by atoms with E-state index in [1.807, 2.05) is 4.90 Å². The average Bonchev–Trinajstić information content (AvgIpc) is 2.50. The Kier molecular flexibility index (Phi) is 12.8. The Morgan fingerprint density at radius 2 is 1.09 bits per heavy atom. The zero-order chi connectivity index (χ0) is 16.4. The summed E-state index contributed by atoms with van der Waals surface area (Å²) >= 11 is 0. The minimum Gasteiger partial charge on any atom is -0.392 e. The second kappa shape index (κ2) is 13.0. The molecule has 0 spiro atoms. The fourth-order valence-electron chi connectivity index (χ4n) is 2.37. The van der Waals surface area contributed by atoms with Crippen LogP contribution < -0.4 is 0 Å². The summed E-state index contributed by atoms with van der Waals surface area (Å²) in [6.45, 7) is 6.35. The molecule has 134 valence electrons. The predicted octanol–water partition coefficient (Wildman–Crippen LogP) is -1.94. The van der Waals surface area contributed by atoms with Gasteiger partial charge in [0.25, 0.3) is 0 Å². The summed E-state index contributed by atoms with van der Waals surface area (Å²) in [6.07, 6.45) is 1.85. The van der Waals surface area contributed by atoms with Gasteiger partial charge in [0.15, 0.2) is 0 Å². The average molecular weight is 472 g/mol. The van der Waals surface area contributed by atoms with E-state index in [1.54, 1.807) is 21.6 Å². The number of β-amino-alcohol motifs (C(OH)–C–C–N with tert-alkyl or cyclic N) is 1. The molecular formula is C14H26GdN4O4. The monoisotopic (exact) mass is 472 g/mol. The molecule has 0 saturated carbocycles. The third-order valence-electron chi connectivity index (χ3n) is 3.73. The third-order valence-corrected chi connectivity index (χ3v) is 3.73. The molecule has 1 aliphatic heterocycles. The van der Waals surface area contributed by atoms with E-state index in [4.69, 9.17) is 0 Å². The van der Waals surface area contributed by atoms with Gasteiger partial charge in [-0.15, -0.1) is 0 Å². The molecule has 23 heavy (non-hydrogen) atoms. The fraction of sp³-hybridized carbons (Fsp3) is 0.786. The van der Waals surface area contributed by atoms with Gasteiger partial charge in [-0.2, -0.15) is 0 Å². The summed E-state index contributed by atoms with van der Waals surface area (Å²) in [7, 11) is 0. The molecule has 1 heterocycles. The van der Waals surface area contributed by atoms with Crippen molar-refractivity contribution in [1.82, 2.24) is 19.6 Å². The van der Waals surface area contributed by atoms with Gasteiger partial charge in [-0.1, -0.05) is 0 Å². The summed E-state index contributed by atoms with van der Waals surface area (Å²) in [6, 6.07) is 0. The van der Waals surface area contributed by atoms with Gasteiger partial charge in [0, 0.05) is 98.8 Å². The van der Waals surface area contributed by atoms with E-state index in [1.165, 1.54) is 0 Å². The topological polar surface area (TPSA) is 84.4 Å². The molecular weight excluding hydrogens is 445 g/mol. The first-order chi connectivity index (χ1) is 10.6. The fourth-order valence-corrected chi connectivity index (χ4v) is 2.37. The zero-order valence-corrected chi connectivity index (χ0v) is 15.8. The second-order valence-electron chi connectivity index (χ2n) is 5.57. The van der Waals surface area contributed by atoms with Crippen LogP contribution in [-0.4, -0.2) is 109 Å². The number of aliphatic hydroxyl groups excluding tert-OH is 1. The number of aliphatic hydroxyl groups is 1. The maximum absolute atomic E-state index is 11.1. The van der Waals surface area contributed by atoms with Crippen molar-refractivity contribution in [2.45, 2.75) is 13.0 Å². The Bertz CT molecular complexity index is 336. The predicted molar refractivity (Wildman–Crippen MR) is 81.0 cm³/mol. The molecule has 0 aromatic carbocycles. The third kappa shape index (κ3) is 9.51. The van der Waals surface area contributed by atoms with E-state index < -0.39 is 6.10 Å². The number of amides is 3. The van der Waals surface area contributed by atoms with Gasteiger partial charge in [0.1, 0.15) is 0 Å². The van der Waals surface area contributed by atoms with E-state index >= 15 is 0 Å². The number of hydrogen-bond donors (Lipinski definition) is 1. The van der Waals surface area contributed by atoms with Crippen molar-refractivity contribution in [3.05, 3.63) is 0 Å². The maximum Gasteiger partial charge on any atom is 0.209 e. The van der Waals surface area contributed by atoms with Crippen molar-refractivity contribution in [2.24, 2.45) is 0 Å². The molecule has 0 radical (unpaired) electrons. The Morgan fingerprint density at radius 1 is 0.783 bits per heavy atom. The standard InChI is InChI=1S/C14H26N4O4.Gd/c1-14(22)10-15-2-4-16(11-19)6-8-18(13-21)9-7-17(12-20)5-3-15;/h11-14,22H,2-10H2,1H3;. The van der Waals surface area contributed by atoms with Crippen LogP contribution in [0, 0.1) is 39.9 Å². The molecule has 8 nitrogen and oxygen atoms in total. The van der Waals surface area contributed by atoms with Crippen LogP contribution in [0.25, 0.3) is 0 Å². The smallest absolute Gasteiger partial charge is 0.209 e. The molecule has 1 aliphatic rings. The van der Waals surface area contributed by atoms with Gasteiger partial charge >= 0.3 is 0 Å². The Hall–Kier alpha value is -0.345. The minimum absolute atomic E-state index is 0. The molecule has 1 N–H and O–H groups in total. The molecule has 1 saturated heterocycles. The van der Waals surface area contributed by atoms with Crippen LogP contribution in [0.3, 0.4) is 0 Å². The van der Waals surface area contributed by atoms with Crippen LogP contribution in [0.4, 0.5) is 0 Å². The number of carbonyl (C=O) groups excluding carboxylic acids is 3. The maximum atomic E-state index is 11.1. The van der Waals surface area contributed by atoms with Crippen LogP contribution >= 0.6 is 0 Å². The minimum atomic E-state index is -0.465. The number of hydrogen-bond acceptors (Lipinski definition) is 5. The molecule has 0 aromatic heterocycles. The van der Waals surface area contributed by atoms with Gasteiger partial charge in [0.2, 0.25) is 19.2 Å². The molecule has 3 amide bonds. The van der Waals surface area contributed by atoms with Crippen LogP contribution in [0.5, 0.6) is 0 Å². The number of rotatable bonds is 5. The van der Waals surface area contributed by atoms with Crippen molar-refractivity contribution in [3.8, 4) is 0 Å². The molecule has 1 unspecified atom stereocenters. The van der Waals surface area contributed by atoms with E-state index in [9.17, 15) is 19.5 Å². The van der Waals surface area contributed by atoms with Gasteiger partial charge in [-0.05, 0) is 6.92 Å². The first kappa shape index (κ1) is 22.7. The SMILES string of the molecule is CC(O)CN1CCN(C=O)CCN(C=O)CCN(C=O)CC1.[Gd]. The summed E-state index contributed by atoms with van der Waals surface area (Å²) < 4.78 is 0. The van der Waals surface area contributed by atoms with Gasteiger partial charge in [-0.3, -0.25) is 19.3 Å². The van der Waals surface area contributed by atoms with Crippen LogP contribution in [0.15, 0.2) is 0 Å². The molecule has 0 aliphatic carbocycles.